The highest BCUT2D eigenvalue weighted by Gasteiger charge is 2.15. The predicted molar refractivity (Wildman–Crippen MR) is 91.4 cm³/mol. The van der Waals surface area contributed by atoms with Crippen molar-refractivity contribution in [1.82, 2.24) is 4.98 Å². The minimum Gasteiger partial charge on any atom is -0.389 e. The molecule has 0 fully saturated rings. The predicted octanol–water partition coefficient (Wildman–Crippen LogP) is 4.10. The zero-order chi connectivity index (χ0) is 15.1. The van der Waals surface area contributed by atoms with Gasteiger partial charge in [-0.05, 0) is 38.3 Å². The number of unbranched alkanes of at least 4 members (excludes halogenated alkanes) is 1. The van der Waals surface area contributed by atoms with Crippen LogP contribution in [0.2, 0.25) is 0 Å². The maximum atomic E-state index is 5.87. The Morgan fingerprint density at radius 1 is 1.30 bits per heavy atom. The Balaban J connectivity index is 3.01. The van der Waals surface area contributed by atoms with Crippen molar-refractivity contribution in [3.05, 3.63) is 22.9 Å². The van der Waals surface area contributed by atoms with Gasteiger partial charge in [0, 0.05) is 11.7 Å². The molecule has 3 N–H and O–H groups in total. The average Bonchev–Trinajstić information content (AvgIpc) is 2.34. The number of hydrogen-bond acceptors (Lipinski definition) is 3. The summed E-state index contributed by atoms with van der Waals surface area (Å²) in [6, 6.07) is 2.47. The number of rotatable bonds is 8. The summed E-state index contributed by atoms with van der Waals surface area (Å²) in [7, 11) is 0. The Labute approximate surface area is 128 Å². The summed E-state index contributed by atoms with van der Waals surface area (Å²) in [5.41, 5.74) is 8.85. The number of thiocarbonyl (C=S) groups is 1. The Bertz CT molecular complexity index is 457. The van der Waals surface area contributed by atoms with Crippen LogP contribution < -0.4 is 11.1 Å². The minimum atomic E-state index is 0.420. The Hall–Kier alpha value is -1.16. The van der Waals surface area contributed by atoms with Crippen molar-refractivity contribution in [3.63, 3.8) is 0 Å². The molecule has 0 aliphatic rings. The summed E-state index contributed by atoms with van der Waals surface area (Å²) >= 11 is 5.18. The van der Waals surface area contributed by atoms with Crippen molar-refractivity contribution in [2.24, 2.45) is 5.73 Å². The molecule has 4 heteroatoms. The summed E-state index contributed by atoms with van der Waals surface area (Å²) < 4.78 is 0. The molecule has 20 heavy (non-hydrogen) atoms. The first kappa shape index (κ1) is 16.9. The number of aryl methyl sites for hydroxylation is 2. The number of aromatic nitrogens is 1. The Morgan fingerprint density at radius 2 is 2.00 bits per heavy atom. The van der Waals surface area contributed by atoms with Crippen molar-refractivity contribution in [2.75, 3.05) is 5.32 Å². The van der Waals surface area contributed by atoms with Crippen LogP contribution in [0.1, 0.15) is 62.8 Å². The van der Waals surface area contributed by atoms with Crippen LogP contribution in [0, 0.1) is 13.8 Å². The highest BCUT2D eigenvalue weighted by molar-refractivity contribution is 7.80. The number of pyridine rings is 1. The number of nitrogens with one attached hydrogen (secondary N) is 1. The molecular formula is C16H27N3S. The van der Waals surface area contributed by atoms with Crippen molar-refractivity contribution < 1.29 is 0 Å². The molecule has 1 aromatic rings. The van der Waals surface area contributed by atoms with E-state index in [0.717, 1.165) is 41.9 Å². The standard InChI is InChI=1S/C16H27N3S/c1-5-7-9-13(8-6-2)19-16-14(15(17)20)11(3)10-12(4)18-16/h10,13H,5-9H2,1-4H3,(H2,17,20)(H,18,19). The van der Waals surface area contributed by atoms with Crippen molar-refractivity contribution in [2.45, 2.75) is 65.8 Å². The molecule has 0 amide bonds. The third-order valence-corrected chi connectivity index (χ3v) is 3.68. The van der Waals surface area contributed by atoms with Crippen molar-refractivity contribution in [1.29, 1.82) is 0 Å². The van der Waals surface area contributed by atoms with Crippen LogP contribution in [0.15, 0.2) is 6.07 Å². The summed E-state index contributed by atoms with van der Waals surface area (Å²) in [4.78, 5) is 5.03. The van der Waals surface area contributed by atoms with E-state index in [4.69, 9.17) is 18.0 Å². The normalized spacial score (nSPS) is 12.2. The van der Waals surface area contributed by atoms with E-state index >= 15 is 0 Å². The quantitative estimate of drug-likeness (QED) is 0.708. The molecule has 1 atom stereocenters. The number of hydrogen-bond donors (Lipinski definition) is 2. The zero-order valence-electron chi connectivity index (χ0n) is 13.1. The van der Waals surface area contributed by atoms with E-state index in [0.29, 0.717) is 11.0 Å². The summed E-state index contributed by atoms with van der Waals surface area (Å²) in [6.07, 6.45) is 5.91. The van der Waals surface area contributed by atoms with E-state index in [1.54, 1.807) is 0 Å². The first-order chi connectivity index (χ1) is 9.49. The zero-order valence-corrected chi connectivity index (χ0v) is 13.9. The second kappa shape index (κ2) is 8.20. The minimum absolute atomic E-state index is 0.420. The van der Waals surface area contributed by atoms with Crippen LogP contribution >= 0.6 is 12.2 Å². The van der Waals surface area contributed by atoms with Gasteiger partial charge in [-0.2, -0.15) is 0 Å². The fourth-order valence-corrected chi connectivity index (χ4v) is 2.79. The lowest BCUT2D eigenvalue weighted by Crippen LogP contribution is -2.24. The smallest absolute Gasteiger partial charge is 0.136 e. The molecule has 0 aliphatic heterocycles. The largest absolute Gasteiger partial charge is 0.389 e. The maximum Gasteiger partial charge on any atom is 0.136 e. The number of anilines is 1. The topological polar surface area (TPSA) is 50.9 Å². The maximum absolute atomic E-state index is 5.87. The molecule has 0 saturated carbocycles. The molecule has 3 nitrogen and oxygen atoms in total. The van der Waals surface area contributed by atoms with Crippen molar-refractivity contribution in [3.8, 4) is 0 Å². The molecule has 0 aliphatic carbocycles. The van der Waals surface area contributed by atoms with Gasteiger partial charge in [0.1, 0.15) is 10.8 Å². The Kier molecular flexibility index (Phi) is 6.93. The molecule has 112 valence electrons. The van der Waals surface area contributed by atoms with E-state index in [1.807, 2.05) is 19.9 Å². The third-order valence-electron chi connectivity index (χ3n) is 3.48. The first-order valence-corrected chi connectivity index (χ1v) is 7.94. The molecule has 0 bridgehead atoms. The number of nitrogens with zero attached hydrogens (tertiary/aromatic N) is 1. The molecule has 1 rings (SSSR count). The first-order valence-electron chi connectivity index (χ1n) is 7.54. The van der Waals surface area contributed by atoms with Gasteiger partial charge in [-0.15, -0.1) is 0 Å². The average molecular weight is 293 g/mol. The van der Waals surface area contributed by atoms with Gasteiger partial charge >= 0.3 is 0 Å². The van der Waals surface area contributed by atoms with Gasteiger partial charge in [0.2, 0.25) is 0 Å². The van der Waals surface area contributed by atoms with E-state index in [9.17, 15) is 0 Å². The fraction of sp³-hybridized carbons (Fsp3) is 0.625. The van der Waals surface area contributed by atoms with Crippen LogP contribution in [-0.2, 0) is 0 Å². The van der Waals surface area contributed by atoms with Crippen LogP contribution in [0.3, 0.4) is 0 Å². The SMILES string of the molecule is CCCCC(CCC)Nc1nc(C)cc(C)c1C(N)=S. The van der Waals surface area contributed by atoms with Crippen LogP contribution in [0.4, 0.5) is 5.82 Å². The highest BCUT2D eigenvalue weighted by atomic mass is 32.1. The van der Waals surface area contributed by atoms with Gasteiger partial charge in [0.05, 0.1) is 5.56 Å². The van der Waals surface area contributed by atoms with Gasteiger partial charge < -0.3 is 11.1 Å². The van der Waals surface area contributed by atoms with Gasteiger partial charge in [-0.3, -0.25) is 0 Å². The Morgan fingerprint density at radius 3 is 2.55 bits per heavy atom. The van der Waals surface area contributed by atoms with Crippen LogP contribution in [0.5, 0.6) is 0 Å². The molecular weight excluding hydrogens is 266 g/mol. The van der Waals surface area contributed by atoms with Gasteiger partial charge in [0.25, 0.3) is 0 Å². The lowest BCUT2D eigenvalue weighted by Gasteiger charge is -2.21. The molecule has 0 aromatic carbocycles. The summed E-state index contributed by atoms with van der Waals surface area (Å²) in [5, 5.41) is 3.57. The molecule has 0 spiro atoms. The van der Waals surface area contributed by atoms with Crippen molar-refractivity contribution >= 4 is 23.0 Å². The molecule has 0 radical (unpaired) electrons. The van der Waals surface area contributed by atoms with Gasteiger partial charge in [0.15, 0.2) is 0 Å². The molecule has 1 unspecified atom stereocenters. The third kappa shape index (κ3) is 4.75. The number of nitrogens with two attached hydrogens (primary N) is 1. The van der Waals surface area contributed by atoms with Gasteiger partial charge in [-0.25, -0.2) is 4.98 Å². The lowest BCUT2D eigenvalue weighted by molar-refractivity contribution is 0.562. The summed E-state index contributed by atoms with van der Waals surface area (Å²) in [6.45, 7) is 8.47. The van der Waals surface area contributed by atoms with E-state index < -0.39 is 0 Å². The van der Waals surface area contributed by atoms with Crippen LogP contribution in [-0.4, -0.2) is 16.0 Å². The second-order valence-corrected chi connectivity index (χ2v) is 5.88. The molecule has 1 aromatic heterocycles. The van der Waals surface area contributed by atoms with E-state index in [2.05, 4.69) is 24.1 Å². The monoisotopic (exact) mass is 293 g/mol. The van der Waals surface area contributed by atoms with Crippen LogP contribution in [0.25, 0.3) is 0 Å². The van der Waals surface area contributed by atoms with Gasteiger partial charge in [-0.1, -0.05) is 45.3 Å². The molecule has 1 heterocycles. The highest BCUT2D eigenvalue weighted by Crippen LogP contribution is 2.21. The van der Waals surface area contributed by atoms with E-state index in [-0.39, 0.29) is 0 Å². The van der Waals surface area contributed by atoms with E-state index in [1.165, 1.54) is 12.8 Å². The fourth-order valence-electron chi connectivity index (χ4n) is 2.53. The lowest BCUT2D eigenvalue weighted by atomic mass is 10.0. The molecule has 0 saturated heterocycles. The summed E-state index contributed by atoms with van der Waals surface area (Å²) in [5.74, 6) is 0.851. The second-order valence-electron chi connectivity index (χ2n) is 5.44.